The van der Waals surface area contributed by atoms with Crippen molar-refractivity contribution >= 4 is 17.6 Å². The van der Waals surface area contributed by atoms with E-state index in [9.17, 15) is 9.90 Å². The van der Waals surface area contributed by atoms with Crippen molar-refractivity contribution in [3.05, 3.63) is 53.1 Å². The smallest absolute Gasteiger partial charge is 0.314 e. The molecule has 20 heavy (non-hydrogen) atoms. The number of hydrogen-bond acceptors (Lipinski definition) is 4. The molecule has 1 N–H and O–H groups in total. The van der Waals surface area contributed by atoms with Gasteiger partial charge in [-0.2, -0.15) is 0 Å². The number of benzene rings is 1. The lowest BCUT2D eigenvalue weighted by atomic mass is 9.99. The van der Waals surface area contributed by atoms with E-state index in [1.54, 1.807) is 35.2 Å². The minimum Gasteiger partial charge on any atom is -0.468 e. The monoisotopic (exact) mass is 294 g/mol. The van der Waals surface area contributed by atoms with Crippen LogP contribution in [-0.2, 0) is 22.7 Å². The van der Waals surface area contributed by atoms with Crippen LogP contribution in [0.5, 0.6) is 0 Å². The van der Waals surface area contributed by atoms with Crippen LogP contribution in [0.3, 0.4) is 0 Å². The molecule has 0 fully saturated rings. The van der Waals surface area contributed by atoms with Crippen molar-refractivity contribution < 1.29 is 14.6 Å². The lowest BCUT2D eigenvalue weighted by Crippen LogP contribution is -2.21. The van der Waals surface area contributed by atoms with E-state index in [4.69, 9.17) is 16.3 Å². The van der Waals surface area contributed by atoms with Crippen LogP contribution in [-0.4, -0.2) is 27.7 Å². The van der Waals surface area contributed by atoms with Gasteiger partial charge in [0.15, 0.2) is 0 Å². The number of aliphatic hydroxyl groups is 1. The van der Waals surface area contributed by atoms with Crippen LogP contribution in [0.4, 0.5) is 0 Å². The summed E-state index contributed by atoms with van der Waals surface area (Å²) in [6.07, 6.45) is 3.30. The Labute approximate surface area is 121 Å². The molecule has 6 heteroatoms. The molecule has 1 heterocycles. The summed E-state index contributed by atoms with van der Waals surface area (Å²) in [6, 6.07) is 7.09. The lowest BCUT2D eigenvalue weighted by molar-refractivity contribution is -0.142. The largest absolute Gasteiger partial charge is 0.468 e. The Morgan fingerprint density at radius 2 is 2.35 bits per heavy atom. The Kier molecular flexibility index (Phi) is 4.76. The first-order valence-electron chi connectivity index (χ1n) is 6.10. The summed E-state index contributed by atoms with van der Waals surface area (Å²) < 4.78 is 6.58. The van der Waals surface area contributed by atoms with Crippen LogP contribution in [0.1, 0.15) is 17.3 Å². The molecule has 0 saturated carbocycles. The SMILES string of the molecule is COC(=O)C(Cn1ccnc1CO)c1cccc(Cl)c1. The van der Waals surface area contributed by atoms with Gasteiger partial charge in [-0.1, -0.05) is 23.7 Å². The van der Waals surface area contributed by atoms with Crippen molar-refractivity contribution in [1.82, 2.24) is 9.55 Å². The molecule has 106 valence electrons. The number of hydrogen-bond donors (Lipinski definition) is 1. The van der Waals surface area contributed by atoms with E-state index < -0.39 is 5.92 Å². The average molecular weight is 295 g/mol. The van der Waals surface area contributed by atoms with E-state index in [0.29, 0.717) is 17.4 Å². The normalized spacial score (nSPS) is 12.2. The van der Waals surface area contributed by atoms with Gasteiger partial charge in [0.25, 0.3) is 0 Å². The first-order valence-corrected chi connectivity index (χ1v) is 6.47. The number of aromatic nitrogens is 2. The van der Waals surface area contributed by atoms with Crippen LogP contribution < -0.4 is 0 Å². The van der Waals surface area contributed by atoms with Crippen LogP contribution in [0.2, 0.25) is 5.02 Å². The highest BCUT2D eigenvalue weighted by atomic mass is 35.5. The molecule has 0 aliphatic carbocycles. The van der Waals surface area contributed by atoms with Gasteiger partial charge in [-0.05, 0) is 17.7 Å². The van der Waals surface area contributed by atoms with Gasteiger partial charge in [0.1, 0.15) is 12.4 Å². The zero-order chi connectivity index (χ0) is 14.5. The molecule has 1 unspecified atom stereocenters. The number of carbonyl (C=O) groups is 1. The fourth-order valence-corrected chi connectivity index (χ4v) is 2.23. The molecule has 1 atom stereocenters. The number of rotatable bonds is 5. The number of aliphatic hydroxyl groups excluding tert-OH is 1. The number of ether oxygens (including phenoxy) is 1. The highest BCUT2D eigenvalue weighted by Gasteiger charge is 2.23. The molecule has 0 amide bonds. The zero-order valence-electron chi connectivity index (χ0n) is 11.0. The minimum absolute atomic E-state index is 0.184. The van der Waals surface area contributed by atoms with Gasteiger partial charge in [0.05, 0.1) is 13.0 Å². The second-order valence-corrected chi connectivity index (χ2v) is 4.72. The lowest BCUT2D eigenvalue weighted by Gasteiger charge is -2.17. The molecule has 0 spiro atoms. The second kappa shape index (κ2) is 6.54. The van der Waals surface area contributed by atoms with Crippen LogP contribution >= 0.6 is 11.6 Å². The fraction of sp³-hybridized carbons (Fsp3) is 0.286. The zero-order valence-corrected chi connectivity index (χ0v) is 11.7. The highest BCUT2D eigenvalue weighted by molar-refractivity contribution is 6.30. The summed E-state index contributed by atoms with van der Waals surface area (Å²) in [4.78, 5) is 16.0. The van der Waals surface area contributed by atoms with Crippen LogP contribution in [0.15, 0.2) is 36.7 Å². The van der Waals surface area contributed by atoms with Gasteiger partial charge in [-0.3, -0.25) is 4.79 Å². The van der Waals surface area contributed by atoms with Crippen molar-refractivity contribution in [3.8, 4) is 0 Å². The first-order chi connectivity index (χ1) is 9.65. The average Bonchev–Trinajstić information content (AvgIpc) is 2.91. The molecular weight excluding hydrogens is 280 g/mol. The molecule has 1 aromatic carbocycles. The summed E-state index contributed by atoms with van der Waals surface area (Å²) in [5.41, 5.74) is 0.766. The Morgan fingerprint density at radius 3 is 3.00 bits per heavy atom. The number of carbonyl (C=O) groups excluding carboxylic acids is 1. The standard InChI is InChI=1S/C14H15ClN2O3/c1-20-14(19)12(10-3-2-4-11(15)7-10)8-17-6-5-16-13(17)9-18/h2-7,12,18H,8-9H2,1H3. The Bertz CT molecular complexity index is 598. The third-order valence-corrected chi connectivity index (χ3v) is 3.29. The quantitative estimate of drug-likeness (QED) is 0.857. The van der Waals surface area contributed by atoms with Crippen molar-refractivity contribution in [2.24, 2.45) is 0 Å². The van der Waals surface area contributed by atoms with Gasteiger partial charge in [0, 0.05) is 24.0 Å². The minimum atomic E-state index is -0.502. The molecule has 0 saturated heterocycles. The summed E-state index contributed by atoms with van der Waals surface area (Å²) in [5.74, 6) is -0.357. The first kappa shape index (κ1) is 14.6. The maximum atomic E-state index is 12.0. The molecular formula is C14H15ClN2O3. The van der Waals surface area contributed by atoms with E-state index >= 15 is 0 Å². The van der Waals surface area contributed by atoms with Gasteiger partial charge in [0.2, 0.25) is 0 Å². The van der Waals surface area contributed by atoms with Gasteiger partial charge in [-0.15, -0.1) is 0 Å². The van der Waals surface area contributed by atoms with Crippen LogP contribution in [0.25, 0.3) is 0 Å². The van der Waals surface area contributed by atoms with Crippen molar-refractivity contribution in [3.63, 3.8) is 0 Å². The highest BCUT2D eigenvalue weighted by Crippen LogP contribution is 2.23. The van der Waals surface area contributed by atoms with E-state index in [-0.39, 0.29) is 12.6 Å². The predicted octanol–water partition coefficient (Wildman–Crippen LogP) is 1.99. The van der Waals surface area contributed by atoms with Gasteiger partial charge < -0.3 is 14.4 Å². The summed E-state index contributed by atoms with van der Waals surface area (Å²) in [6.45, 7) is 0.152. The third-order valence-electron chi connectivity index (χ3n) is 3.06. The number of esters is 1. The molecule has 1 aromatic heterocycles. The summed E-state index contributed by atoms with van der Waals surface area (Å²) in [5, 5.41) is 9.77. The molecule has 0 bridgehead atoms. The second-order valence-electron chi connectivity index (χ2n) is 4.28. The fourth-order valence-electron chi connectivity index (χ4n) is 2.04. The Morgan fingerprint density at radius 1 is 1.55 bits per heavy atom. The summed E-state index contributed by atoms with van der Waals surface area (Å²) >= 11 is 5.97. The van der Waals surface area contributed by atoms with E-state index in [1.165, 1.54) is 7.11 Å². The molecule has 0 radical (unpaired) electrons. The van der Waals surface area contributed by atoms with E-state index in [2.05, 4.69) is 4.98 Å². The number of halogens is 1. The maximum absolute atomic E-state index is 12.0. The number of nitrogens with zero attached hydrogens (tertiary/aromatic N) is 2. The third kappa shape index (κ3) is 3.18. The molecule has 0 aliphatic rings. The Hall–Kier alpha value is -1.85. The number of imidazole rings is 1. The van der Waals surface area contributed by atoms with Crippen molar-refractivity contribution in [2.75, 3.05) is 7.11 Å². The van der Waals surface area contributed by atoms with E-state index in [1.807, 2.05) is 6.07 Å². The van der Waals surface area contributed by atoms with Gasteiger partial charge in [-0.25, -0.2) is 4.98 Å². The topological polar surface area (TPSA) is 64.4 Å². The maximum Gasteiger partial charge on any atom is 0.314 e. The summed E-state index contributed by atoms with van der Waals surface area (Å²) in [7, 11) is 1.35. The Balaban J connectivity index is 2.31. The van der Waals surface area contributed by atoms with E-state index in [0.717, 1.165) is 5.56 Å². The molecule has 2 aromatic rings. The number of methoxy groups -OCH3 is 1. The molecule has 0 aliphatic heterocycles. The van der Waals surface area contributed by atoms with Crippen molar-refractivity contribution in [2.45, 2.75) is 19.1 Å². The predicted molar refractivity (Wildman–Crippen MR) is 74.4 cm³/mol. The molecule has 5 nitrogen and oxygen atoms in total. The van der Waals surface area contributed by atoms with Gasteiger partial charge >= 0.3 is 5.97 Å². The van der Waals surface area contributed by atoms with Crippen LogP contribution in [0, 0.1) is 0 Å². The van der Waals surface area contributed by atoms with Crippen molar-refractivity contribution in [1.29, 1.82) is 0 Å². The molecule has 2 rings (SSSR count).